The summed E-state index contributed by atoms with van der Waals surface area (Å²) in [6, 6.07) is 13.0. The van der Waals surface area contributed by atoms with Crippen LogP contribution in [0.2, 0.25) is 0 Å². The zero-order valence-corrected chi connectivity index (χ0v) is 16.9. The lowest BCUT2D eigenvalue weighted by molar-refractivity contribution is 0.0587. The van der Waals surface area contributed by atoms with Gasteiger partial charge in [0.25, 0.3) is 5.91 Å². The fourth-order valence-electron chi connectivity index (χ4n) is 3.86. The van der Waals surface area contributed by atoms with Gasteiger partial charge in [-0.15, -0.1) is 0 Å². The second-order valence-electron chi connectivity index (χ2n) is 7.48. The molecule has 1 aliphatic rings. The number of aromatic nitrogens is 2. The monoisotopic (exact) mass is 411 g/mol. The summed E-state index contributed by atoms with van der Waals surface area (Å²) in [4.78, 5) is 15.0. The summed E-state index contributed by atoms with van der Waals surface area (Å²) in [6.45, 7) is 4.74. The molecule has 2 aromatic carbocycles. The summed E-state index contributed by atoms with van der Waals surface area (Å²) >= 11 is 0. The fourth-order valence-corrected chi connectivity index (χ4v) is 3.86. The van der Waals surface area contributed by atoms with E-state index in [4.69, 9.17) is 4.74 Å². The number of para-hydroxylation sites is 1. The summed E-state index contributed by atoms with van der Waals surface area (Å²) in [5.41, 5.74) is 3.01. The first-order valence-corrected chi connectivity index (χ1v) is 9.96. The van der Waals surface area contributed by atoms with Crippen LogP contribution in [0.25, 0.3) is 5.69 Å². The van der Waals surface area contributed by atoms with Gasteiger partial charge in [0, 0.05) is 32.0 Å². The van der Waals surface area contributed by atoms with Gasteiger partial charge in [-0.1, -0.05) is 18.2 Å². The highest BCUT2D eigenvalue weighted by atomic mass is 19.1. The standard InChI is InChI=1S/C23H23F2N3O2/c1-15-22(16(2)28(26-15)18-6-4-3-5-7-18)23(29)27-12-10-19(11-13-27)30-21-9-8-17(24)14-20(21)25/h3-9,14,19H,10-13H2,1-2H3. The highest BCUT2D eigenvalue weighted by Gasteiger charge is 2.29. The third-order valence-electron chi connectivity index (χ3n) is 5.42. The first-order valence-electron chi connectivity index (χ1n) is 9.96. The van der Waals surface area contributed by atoms with Crippen LogP contribution in [-0.4, -0.2) is 39.8 Å². The van der Waals surface area contributed by atoms with Crippen molar-refractivity contribution < 1.29 is 18.3 Å². The van der Waals surface area contributed by atoms with Crippen LogP contribution < -0.4 is 4.74 Å². The molecular weight excluding hydrogens is 388 g/mol. The molecule has 0 bridgehead atoms. The Kier molecular flexibility index (Phi) is 5.53. The van der Waals surface area contributed by atoms with E-state index in [9.17, 15) is 13.6 Å². The average molecular weight is 411 g/mol. The van der Waals surface area contributed by atoms with Crippen LogP contribution in [-0.2, 0) is 0 Å². The van der Waals surface area contributed by atoms with Gasteiger partial charge in [-0.05, 0) is 38.1 Å². The van der Waals surface area contributed by atoms with Crippen molar-refractivity contribution in [2.24, 2.45) is 0 Å². The first kappa shape index (κ1) is 20.1. The summed E-state index contributed by atoms with van der Waals surface area (Å²) in [7, 11) is 0. The third-order valence-corrected chi connectivity index (χ3v) is 5.42. The van der Waals surface area contributed by atoms with Gasteiger partial charge in [0.2, 0.25) is 0 Å². The number of nitrogens with zero attached hydrogens (tertiary/aromatic N) is 3. The lowest BCUT2D eigenvalue weighted by Crippen LogP contribution is -2.42. The minimum atomic E-state index is -0.715. The predicted octanol–water partition coefficient (Wildman–Crippen LogP) is 4.45. The number of hydrogen-bond donors (Lipinski definition) is 0. The smallest absolute Gasteiger partial charge is 0.257 e. The normalized spacial score (nSPS) is 14.7. The van der Waals surface area contributed by atoms with Crippen molar-refractivity contribution in [2.75, 3.05) is 13.1 Å². The zero-order valence-electron chi connectivity index (χ0n) is 16.9. The van der Waals surface area contributed by atoms with Gasteiger partial charge < -0.3 is 9.64 Å². The van der Waals surface area contributed by atoms with Gasteiger partial charge >= 0.3 is 0 Å². The molecule has 0 atom stereocenters. The second kappa shape index (κ2) is 8.26. The van der Waals surface area contributed by atoms with E-state index < -0.39 is 11.6 Å². The molecular formula is C23H23F2N3O2. The molecule has 1 amide bonds. The summed E-state index contributed by atoms with van der Waals surface area (Å²) in [5.74, 6) is -1.37. The van der Waals surface area contributed by atoms with E-state index in [1.807, 2.05) is 44.2 Å². The maximum Gasteiger partial charge on any atom is 0.257 e. The molecule has 156 valence electrons. The number of aryl methyl sites for hydroxylation is 1. The molecule has 7 heteroatoms. The van der Waals surface area contributed by atoms with E-state index in [1.165, 1.54) is 12.1 Å². The fraction of sp³-hybridized carbons (Fsp3) is 0.304. The van der Waals surface area contributed by atoms with Crippen molar-refractivity contribution in [3.63, 3.8) is 0 Å². The molecule has 2 heterocycles. The molecule has 0 saturated carbocycles. The van der Waals surface area contributed by atoms with Crippen LogP contribution in [0.4, 0.5) is 8.78 Å². The lowest BCUT2D eigenvalue weighted by atomic mass is 10.1. The number of carbonyl (C=O) groups is 1. The molecule has 1 fully saturated rings. The molecule has 0 N–H and O–H groups in total. The Labute approximate surface area is 173 Å². The number of benzene rings is 2. The van der Waals surface area contributed by atoms with Crippen molar-refractivity contribution in [1.29, 1.82) is 0 Å². The van der Waals surface area contributed by atoms with Crippen LogP contribution in [0, 0.1) is 25.5 Å². The Bertz CT molecular complexity index is 1060. The Morgan fingerprint density at radius 3 is 2.43 bits per heavy atom. The average Bonchev–Trinajstić information content (AvgIpc) is 3.05. The predicted molar refractivity (Wildman–Crippen MR) is 109 cm³/mol. The maximum atomic E-state index is 13.8. The lowest BCUT2D eigenvalue weighted by Gasteiger charge is -2.32. The van der Waals surface area contributed by atoms with Crippen LogP contribution in [0.1, 0.15) is 34.6 Å². The van der Waals surface area contributed by atoms with Gasteiger partial charge in [-0.25, -0.2) is 13.5 Å². The van der Waals surface area contributed by atoms with Crippen LogP contribution in [0.5, 0.6) is 5.75 Å². The largest absolute Gasteiger partial charge is 0.487 e. The number of likely N-dealkylation sites (tertiary alicyclic amines) is 1. The highest BCUT2D eigenvalue weighted by molar-refractivity contribution is 5.96. The molecule has 0 aliphatic carbocycles. The molecule has 0 radical (unpaired) electrons. The number of amides is 1. The Morgan fingerprint density at radius 2 is 1.77 bits per heavy atom. The quantitative estimate of drug-likeness (QED) is 0.637. The molecule has 1 aliphatic heterocycles. The van der Waals surface area contributed by atoms with Crippen molar-refractivity contribution in [2.45, 2.75) is 32.8 Å². The van der Waals surface area contributed by atoms with E-state index in [0.29, 0.717) is 37.2 Å². The van der Waals surface area contributed by atoms with E-state index in [2.05, 4.69) is 5.10 Å². The van der Waals surface area contributed by atoms with E-state index in [1.54, 1.807) is 9.58 Å². The SMILES string of the molecule is Cc1nn(-c2ccccc2)c(C)c1C(=O)N1CCC(Oc2ccc(F)cc2F)CC1. The molecule has 0 spiro atoms. The van der Waals surface area contributed by atoms with Gasteiger partial charge in [-0.2, -0.15) is 5.10 Å². The van der Waals surface area contributed by atoms with Crippen molar-refractivity contribution in [1.82, 2.24) is 14.7 Å². The summed E-state index contributed by atoms with van der Waals surface area (Å²) in [5, 5.41) is 4.56. The van der Waals surface area contributed by atoms with Crippen LogP contribution in [0.3, 0.4) is 0 Å². The topological polar surface area (TPSA) is 47.4 Å². The molecule has 0 unspecified atom stereocenters. The molecule has 5 nitrogen and oxygen atoms in total. The van der Waals surface area contributed by atoms with Crippen LogP contribution in [0.15, 0.2) is 48.5 Å². The van der Waals surface area contributed by atoms with Gasteiger partial charge in [0.15, 0.2) is 11.6 Å². The zero-order chi connectivity index (χ0) is 21.3. The molecule has 3 aromatic rings. The highest BCUT2D eigenvalue weighted by Crippen LogP contribution is 2.25. The van der Waals surface area contributed by atoms with Gasteiger partial charge in [0.1, 0.15) is 11.9 Å². The minimum Gasteiger partial charge on any atom is -0.487 e. The van der Waals surface area contributed by atoms with Gasteiger partial charge in [-0.3, -0.25) is 4.79 Å². The maximum absolute atomic E-state index is 13.8. The number of hydrogen-bond acceptors (Lipinski definition) is 3. The Hall–Kier alpha value is -3.22. The van der Waals surface area contributed by atoms with E-state index in [-0.39, 0.29) is 17.8 Å². The number of ether oxygens (including phenoxy) is 1. The van der Waals surface area contributed by atoms with E-state index >= 15 is 0 Å². The Balaban J connectivity index is 1.44. The molecule has 30 heavy (non-hydrogen) atoms. The first-order chi connectivity index (χ1) is 14.4. The summed E-state index contributed by atoms with van der Waals surface area (Å²) < 4.78 is 34.4. The van der Waals surface area contributed by atoms with Gasteiger partial charge in [0.05, 0.1) is 22.6 Å². The summed E-state index contributed by atoms with van der Waals surface area (Å²) in [6.07, 6.45) is 0.935. The number of halogens is 2. The Morgan fingerprint density at radius 1 is 1.07 bits per heavy atom. The number of carbonyl (C=O) groups excluding carboxylic acids is 1. The minimum absolute atomic E-state index is 0.0389. The molecule has 4 rings (SSSR count). The van der Waals surface area contributed by atoms with Crippen molar-refractivity contribution in [3.8, 4) is 11.4 Å². The van der Waals surface area contributed by atoms with Crippen molar-refractivity contribution in [3.05, 3.63) is 77.1 Å². The third kappa shape index (κ3) is 3.92. The number of rotatable bonds is 4. The van der Waals surface area contributed by atoms with E-state index in [0.717, 1.165) is 17.4 Å². The molecule has 1 aromatic heterocycles. The van der Waals surface area contributed by atoms with Crippen molar-refractivity contribution >= 4 is 5.91 Å². The second-order valence-corrected chi connectivity index (χ2v) is 7.48. The van der Waals surface area contributed by atoms with Crippen LogP contribution >= 0.6 is 0 Å². The number of piperidine rings is 1. The molecule has 1 saturated heterocycles.